The third-order valence-electron chi connectivity index (χ3n) is 2.40. The van der Waals surface area contributed by atoms with Crippen LogP contribution in [0, 0.1) is 0 Å². The molecule has 1 saturated heterocycles. The van der Waals surface area contributed by atoms with Gasteiger partial charge in [0, 0.05) is 12.4 Å². The maximum absolute atomic E-state index is 11.9. The Morgan fingerprint density at radius 3 is 2.65 bits per heavy atom. The van der Waals surface area contributed by atoms with E-state index in [9.17, 15) is 14.7 Å². The van der Waals surface area contributed by atoms with E-state index < -0.39 is 12.0 Å². The molecule has 1 aromatic carbocycles. The second kappa shape index (κ2) is 4.50. The fourth-order valence-corrected chi connectivity index (χ4v) is 2.00. The van der Waals surface area contributed by atoms with Crippen molar-refractivity contribution >= 4 is 34.9 Å². The van der Waals surface area contributed by atoms with Gasteiger partial charge in [-0.05, 0) is 24.4 Å². The van der Waals surface area contributed by atoms with Crippen molar-refractivity contribution < 1.29 is 14.7 Å². The van der Waals surface area contributed by atoms with Gasteiger partial charge in [0.05, 0.1) is 5.69 Å². The zero-order chi connectivity index (χ0) is 12.4. The highest BCUT2D eigenvalue weighted by Gasteiger charge is 2.36. The molecule has 6 heteroatoms. The van der Waals surface area contributed by atoms with Crippen LogP contribution in [0.25, 0.3) is 0 Å². The molecule has 1 N–H and O–H groups in total. The SMILES string of the molecule is O=C([O-])CC1NC(=S)N(c2ccccc2)C1=O. The van der Waals surface area contributed by atoms with Crippen molar-refractivity contribution in [3.8, 4) is 0 Å². The maximum atomic E-state index is 11.9. The molecule has 5 nitrogen and oxygen atoms in total. The zero-order valence-electron chi connectivity index (χ0n) is 8.75. The minimum absolute atomic E-state index is 0.215. The molecule has 0 aromatic heterocycles. The summed E-state index contributed by atoms with van der Waals surface area (Å²) in [5.74, 6) is -1.65. The fraction of sp³-hybridized carbons (Fsp3) is 0.182. The van der Waals surface area contributed by atoms with Gasteiger partial charge in [0.2, 0.25) is 0 Å². The molecule has 0 aliphatic carbocycles. The van der Waals surface area contributed by atoms with E-state index in [1.807, 2.05) is 6.07 Å². The van der Waals surface area contributed by atoms with E-state index in [0.29, 0.717) is 5.69 Å². The molecule has 0 saturated carbocycles. The number of benzene rings is 1. The number of thiocarbonyl (C=S) groups is 1. The quantitative estimate of drug-likeness (QED) is 0.725. The number of anilines is 1. The van der Waals surface area contributed by atoms with Crippen LogP contribution in [0.5, 0.6) is 0 Å². The van der Waals surface area contributed by atoms with Crippen LogP contribution in [0.4, 0.5) is 5.69 Å². The number of carboxylic acid groups (broad SMARTS) is 1. The lowest BCUT2D eigenvalue weighted by Crippen LogP contribution is -2.37. The van der Waals surface area contributed by atoms with Crippen molar-refractivity contribution in [2.45, 2.75) is 12.5 Å². The van der Waals surface area contributed by atoms with Gasteiger partial charge in [0.25, 0.3) is 5.91 Å². The Labute approximate surface area is 103 Å². The number of para-hydroxylation sites is 1. The van der Waals surface area contributed by atoms with E-state index in [1.165, 1.54) is 4.90 Å². The minimum Gasteiger partial charge on any atom is -0.550 e. The van der Waals surface area contributed by atoms with Crippen molar-refractivity contribution in [2.75, 3.05) is 4.90 Å². The summed E-state index contributed by atoms with van der Waals surface area (Å²) in [4.78, 5) is 23.7. The van der Waals surface area contributed by atoms with Crippen molar-refractivity contribution in [1.82, 2.24) is 5.32 Å². The Bertz CT molecular complexity index is 475. The largest absolute Gasteiger partial charge is 0.550 e. The molecule has 1 atom stereocenters. The Balaban J connectivity index is 2.23. The smallest absolute Gasteiger partial charge is 0.256 e. The molecule has 0 radical (unpaired) electrons. The number of nitrogens with one attached hydrogen (secondary N) is 1. The molecule has 17 heavy (non-hydrogen) atoms. The van der Waals surface area contributed by atoms with Gasteiger partial charge in [-0.25, -0.2) is 0 Å². The number of amides is 1. The van der Waals surface area contributed by atoms with Crippen molar-refractivity contribution in [1.29, 1.82) is 0 Å². The van der Waals surface area contributed by atoms with Gasteiger partial charge in [0.1, 0.15) is 6.04 Å². The molecule has 88 valence electrons. The van der Waals surface area contributed by atoms with Crippen molar-refractivity contribution in [3.63, 3.8) is 0 Å². The molecule has 1 aromatic rings. The highest BCUT2D eigenvalue weighted by molar-refractivity contribution is 7.80. The van der Waals surface area contributed by atoms with Crippen LogP contribution in [0.3, 0.4) is 0 Å². The Morgan fingerprint density at radius 1 is 1.41 bits per heavy atom. The summed E-state index contributed by atoms with van der Waals surface area (Å²) in [6.45, 7) is 0. The van der Waals surface area contributed by atoms with Gasteiger partial charge in [-0.2, -0.15) is 0 Å². The molecule has 0 spiro atoms. The summed E-state index contributed by atoms with van der Waals surface area (Å²) in [6.07, 6.45) is -0.387. The maximum Gasteiger partial charge on any atom is 0.256 e. The molecule has 1 unspecified atom stereocenters. The first-order valence-electron chi connectivity index (χ1n) is 4.99. The molecule has 1 amide bonds. The lowest BCUT2D eigenvalue weighted by molar-refractivity contribution is -0.306. The topological polar surface area (TPSA) is 72.5 Å². The standard InChI is InChI=1S/C11H10N2O3S/c14-9(15)6-8-10(16)13(11(17)12-8)7-4-2-1-3-5-7/h1-5,8H,6H2,(H,12,17)(H,14,15)/p-1. The highest BCUT2D eigenvalue weighted by atomic mass is 32.1. The Kier molecular flexibility index (Phi) is 3.06. The van der Waals surface area contributed by atoms with Crippen molar-refractivity contribution in [3.05, 3.63) is 30.3 Å². The van der Waals surface area contributed by atoms with Crippen LogP contribution < -0.4 is 15.3 Å². The normalized spacial score (nSPS) is 19.3. The number of hydrogen-bond acceptors (Lipinski definition) is 4. The molecular weight excluding hydrogens is 240 g/mol. The first kappa shape index (κ1) is 11.5. The number of hydrogen-bond donors (Lipinski definition) is 1. The first-order chi connectivity index (χ1) is 8.09. The van der Waals surface area contributed by atoms with E-state index in [4.69, 9.17) is 12.2 Å². The molecular formula is C11H9N2O3S-. The Morgan fingerprint density at radius 2 is 2.06 bits per heavy atom. The lowest BCUT2D eigenvalue weighted by atomic mass is 10.2. The number of nitrogens with zero attached hydrogens (tertiary/aromatic N) is 1. The number of rotatable bonds is 3. The molecule has 1 aliphatic heterocycles. The van der Waals surface area contributed by atoms with Gasteiger partial charge in [-0.15, -0.1) is 0 Å². The molecule has 2 rings (SSSR count). The zero-order valence-corrected chi connectivity index (χ0v) is 9.57. The molecule has 0 bridgehead atoms. The summed E-state index contributed by atoms with van der Waals surface area (Å²) in [6, 6.07) is 7.99. The number of carbonyl (C=O) groups is 2. The van der Waals surface area contributed by atoms with Gasteiger partial charge in [-0.3, -0.25) is 9.69 Å². The summed E-state index contributed by atoms with van der Waals surface area (Å²) < 4.78 is 0. The van der Waals surface area contributed by atoms with E-state index in [1.54, 1.807) is 24.3 Å². The fourth-order valence-electron chi connectivity index (χ4n) is 1.66. The van der Waals surface area contributed by atoms with Crippen LogP contribution in [-0.4, -0.2) is 23.0 Å². The summed E-state index contributed by atoms with van der Waals surface area (Å²) in [5.41, 5.74) is 0.621. The van der Waals surface area contributed by atoms with E-state index in [2.05, 4.69) is 5.32 Å². The average molecular weight is 249 g/mol. The predicted molar refractivity (Wildman–Crippen MR) is 63.1 cm³/mol. The van der Waals surface area contributed by atoms with Crippen molar-refractivity contribution in [2.24, 2.45) is 0 Å². The average Bonchev–Trinajstić information content (AvgIpc) is 2.54. The molecule has 1 aliphatic rings. The van der Waals surface area contributed by atoms with Gasteiger partial charge < -0.3 is 15.2 Å². The third kappa shape index (κ3) is 2.26. The van der Waals surface area contributed by atoms with E-state index in [-0.39, 0.29) is 17.4 Å². The van der Waals surface area contributed by atoms with Crippen LogP contribution in [0.2, 0.25) is 0 Å². The van der Waals surface area contributed by atoms with Crippen LogP contribution >= 0.6 is 12.2 Å². The minimum atomic E-state index is -1.28. The number of aliphatic carboxylic acids is 1. The Hall–Kier alpha value is -1.95. The first-order valence-corrected chi connectivity index (χ1v) is 5.40. The van der Waals surface area contributed by atoms with Crippen LogP contribution in [0.1, 0.15) is 6.42 Å². The highest BCUT2D eigenvalue weighted by Crippen LogP contribution is 2.19. The lowest BCUT2D eigenvalue weighted by Gasteiger charge is -2.14. The van der Waals surface area contributed by atoms with Gasteiger partial charge in [-0.1, -0.05) is 18.2 Å². The van der Waals surface area contributed by atoms with Crippen LogP contribution in [-0.2, 0) is 9.59 Å². The van der Waals surface area contributed by atoms with Gasteiger partial charge >= 0.3 is 0 Å². The summed E-state index contributed by atoms with van der Waals surface area (Å²) >= 11 is 5.01. The second-order valence-corrected chi connectivity index (χ2v) is 3.97. The third-order valence-corrected chi connectivity index (χ3v) is 2.70. The molecule has 1 fully saturated rings. The van der Waals surface area contributed by atoms with Gasteiger partial charge in [0.15, 0.2) is 5.11 Å². The van der Waals surface area contributed by atoms with E-state index >= 15 is 0 Å². The van der Waals surface area contributed by atoms with Crippen LogP contribution in [0.15, 0.2) is 30.3 Å². The summed E-state index contributed by atoms with van der Waals surface area (Å²) in [7, 11) is 0. The second-order valence-electron chi connectivity index (χ2n) is 3.59. The monoisotopic (exact) mass is 249 g/mol. The number of carbonyl (C=O) groups excluding carboxylic acids is 2. The summed E-state index contributed by atoms with van der Waals surface area (Å²) in [5, 5.41) is 13.4. The predicted octanol–water partition coefficient (Wildman–Crippen LogP) is -0.584. The number of carboxylic acids is 1. The van der Waals surface area contributed by atoms with E-state index in [0.717, 1.165) is 0 Å². The molecule has 1 heterocycles.